The highest BCUT2D eigenvalue weighted by molar-refractivity contribution is 5.91. The lowest BCUT2D eigenvalue weighted by Crippen LogP contribution is -2.49. The van der Waals surface area contributed by atoms with Gasteiger partial charge in [-0.1, -0.05) is 24.3 Å². The zero-order valence-electron chi connectivity index (χ0n) is 11.3. The number of fused-ring (bicyclic) bond motifs is 1. The highest BCUT2D eigenvalue weighted by atomic mass is 16.4. The predicted molar refractivity (Wildman–Crippen MR) is 72.0 cm³/mol. The lowest BCUT2D eigenvalue weighted by atomic mass is 9.70. The monoisotopic (exact) mass is 261 g/mol. The van der Waals surface area contributed by atoms with Gasteiger partial charge in [0.2, 0.25) is 5.91 Å². The van der Waals surface area contributed by atoms with Crippen molar-refractivity contribution >= 4 is 11.9 Å². The first-order chi connectivity index (χ1) is 8.95. The average Bonchev–Trinajstić information content (AvgIpc) is 2.39. The molecule has 102 valence electrons. The van der Waals surface area contributed by atoms with Crippen LogP contribution in [-0.2, 0) is 21.4 Å². The average molecular weight is 261 g/mol. The summed E-state index contributed by atoms with van der Waals surface area (Å²) >= 11 is 0. The molecule has 0 radical (unpaired) electrons. The molecule has 2 N–H and O–H groups in total. The highest BCUT2D eigenvalue weighted by Crippen LogP contribution is 2.37. The van der Waals surface area contributed by atoms with Crippen molar-refractivity contribution in [3.05, 3.63) is 35.4 Å². The Hall–Kier alpha value is -1.84. The fraction of sp³-hybridized carbons (Fsp3) is 0.467. The Bertz CT molecular complexity index is 512. The van der Waals surface area contributed by atoms with Crippen LogP contribution in [0.1, 0.15) is 37.8 Å². The van der Waals surface area contributed by atoms with E-state index in [0.717, 1.165) is 24.8 Å². The quantitative estimate of drug-likeness (QED) is 0.873. The SMILES string of the molecule is CC(NC(=O)C1(C)CCCc2ccccc21)C(=O)O. The molecule has 1 aromatic rings. The summed E-state index contributed by atoms with van der Waals surface area (Å²) in [5.41, 5.74) is 1.59. The number of aryl methyl sites for hydroxylation is 1. The second-order valence-electron chi connectivity index (χ2n) is 5.38. The van der Waals surface area contributed by atoms with Gasteiger partial charge in [0.15, 0.2) is 0 Å². The maximum atomic E-state index is 12.4. The molecule has 0 aromatic heterocycles. The van der Waals surface area contributed by atoms with Gasteiger partial charge in [-0.3, -0.25) is 9.59 Å². The number of rotatable bonds is 3. The number of hydrogen-bond acceptors (Lipinski definition) is 2. The Kier molecular flexibility index (Phi) is 3.60. The van der Waals surface area contributed by atoms with E-state index in [4.69, 9.17) is 5.11 Å². The first-order valence-electron chi connectivity index (χ1n) is 6.57. The Morgan fingerprint density at radius 3 is 2.74 bits per heavy atom. The molecule has 4 heteroatoms. The number of carboxylic acids is 1. The number of carbonyl (C=O) groups excluding carboxylic acids is 1. The summed E-state index contributed by atoms with van der Waals surface area (Å²) < 4.78 is 0. The summed E-state index contributed by atoms with van der Waals surface area (Å²) in [5.74, 6) is -1.21. The predicted octanol–water partition coefficient (Wildman–Crippen LogP) is 1.87. The molecule has 1 aliphatic rings. The smallest absolute Gasteiger partial charge is 0.325 e. The van der Waals surface area contributed by atoms with Gasteiger partial charge in [-0.25, -0.2) is 0 Å². The molecule has 1 aromatic carbocycles. The minimum atomic E-state index is -1.01. The van der Waals surface area contributed by atoms with Crippen LogP contribution >= 0.6 is 0 Å². The van der Waals surface area contributed by atoms with Crippen molar-refractivity contribution in [1.29, 1.82) is 0 Å². The minimum Gasteiger partial charge on any atom is -0.480 e. The molecule has 19 heavy (non-hydrogen) atoms. The van der Waals surface area contributed by atoms with Gasteiger partial charge in [-0.15, -0.1) is 0 Å². The number of benzene rings is 1. The van der Waals surface area contributed by atoms with Gasteiger partial charge in [-0.2, -0.15) is 0 Å². The summed E-state index contributed by atoms with van der Waals surface area (Å²) in [4.78, 5) is 23.3. The number of amides is 1. The van der Waals surface area contributed by atoms with Crippen LogP contribution in [0.2, 0.25) is 0 Å². The third kappa shape index (κ3) is 2.48. The van der Waals surface area contributed by atoms with Gasteiger partial charge in [0.05, 0.1) is 5.41 Å². The normalized spacial score (nSPS) is 23.3. The van der Waals surface area contributed by atoms with Crippen LogP contribution in [0.15, 0.2) is 24.3 Å². The van der Waals surface area contributed by atoms with Crippen molar-refractivity contribution in [3.8, 4) is 0 Å². The molecule has 0 saturated heterocycles. The number of carbonyl (C=O) groups is 2. The van der Waals surface area contributed by atoms with E-state index in [0.29, 0.717) is 0 Å². The van der Waals surface area contributed by atoms with E-state index in [1.807, 2.05) is 31.2 Å². The van der Waals surface area contributed by atoms with Crippen molar-refractivity contribution in [2.45, 2.75) is 44.6 Å². The molecule has 1 amide bonds. The Labute approximate surface area is 112 Å². The Balaban J connectivity index is 2.28. The van der Waals surface area contributed by atoms with Gasteiger partial charge in [0.25, 0.3) is 0 Å². The molecular weight excluding hydrogens is 242 g/mol. The van der Waals surface area contributed by atoms with Crippen LogP contribution in [0.3, 0.4) is 0 Å². The minimum absolute atomic E-state index is 0.199. The summed E-state index contributed by atoms with van der Waals surface area (Å²) in [6.07, 6.45) is 2.68. The van der Waals surface area contributed by atoms with Crippen molar-refractivity contribution in [1.82, 2.24) is 5.32 Å². The molecule has 2 rings (SSSR count). The van der Waals surface area contributed by atoms with Gasteiger partial charge in [0, 0.05) is 0 Å². The van der Waals surface area contributed by atoms with Crippen LogP contribution in [0.25, 0.3) is 0 Å². The fourth-order valence-corrected chi connectivity index (χ4v) is 2.70. The van der Waals surface area contributed by atoms with Crippen LogP contribution < -0.4 is 5.32 Å². The van der Waals surface area contributed by atoms with E-state index in [9.17, 15) is 9.59 Å². The van der Waals surface area contributed by atoms with Gasteiger partial charge < -0.3 is 10.4 Å². The topological polar surface area (TPSA) is 66.4 Å². The second kappa shape index (κ2) is 5.03. The molecule has 0 saturated carbocycles. The maximum absolute atomic E-state index is 12.4. The zero-order chi connectivity index (χ0) is 14.0. The molecule has 0 fully saturated rings. The maximum Gasteiger partial charge on any atom is 0.325 e. The third-order valence-electron chi connectivity index (χ3n) is 3.95. The van der Waals surface area contributed by atoms with E-state index in [1.54, 1.807) is 0 Å². The van der Waals surface area contributed by atoms with Gasteiger partial charge >= 0.3 is 5.97 Å². The van der Waals surface area contributed by atoms with Crippen molar-refractivity contribution < 1.29 is 14.7 Å². The standard InChI is InChI=1S/C15H19NO3/c1-10(13(17)18)16-14(19)15(2)9-5-7-11-6-3-4-8-12(11)15/h3-4,6,8,10H,5,7,9H2,1-2H3,(H,16,19)(H,17,18). The van der Waals surface area contributed by atoms with Gasteiger partial charge in [-0.05, 0) is 44.2 Å². The lowest BCUT2D eigenvalue weighted by molar-refractivity contribution is -0.142. The zero-order valence-corrected chi connectivity index (χ0v) is 11.3. The molecular formula is C15H19NO3. The summed E-state index contributed by atoms with van der Waals surface area (Å²) in [5, 5.41) is 11.5. The van der Waals surface area contributed by atoms with E-state index >= 15 is 0 Å². The molecule has 0 spiro atoms. The summed E-state index contributed by atoms with van der Waals surface area (Å²) in [6, 6.07) is 7.05. The lowest BCUT2D eigenvalue weighted by Gasteiger charge is -2.35. The molecule has 0 heterocycles. The number of aliphatic carboxylic acids is 1. The summed E-state index contributed by atoms with van der Waals surface area (Å²) in [7, 11) is 0. The number of hydrogen-bond donors (Lipinski definition) is 2. The second-order valence-corrected chi connectivity index (χ2v) is 5.38. The summed E-state index contributed by atoms with van der Waals surface area (Å²) in [6.45, 7) is 3.38. The van der Waals surface area contributed by atoms with Gasteiger partial charge in [0.1, 0.15) is 6.04 Å². The van der Waals surface area contributed by atoms with Crippen LogP contribution in [0.5, 0.6) is 0 Å². The molecule has 2 unspecified atom stereocenters. The van der Waals surface area contributed by atoms with E-state index in [2.05, 4.69) is 5.32 Å². The van der Waals surface area contributed by atoms with Crippen molar-refractivity contribution in [2.75, 3.05) is 0 Å². The Morgan fingerprint density at radius 1 is 1.37 bits per heavy atom. The first-order valence-corrected chi connectivity index (χ1v) is 6.57. The van der Waals surface area contributed by atoms with Crippen molar-refractivity contribution in [3.63, 3.8) is 0 Å². The Morgan fingerprint density at radius 2 is 2.05 bits per heavy atom. The van der Waals surface area contributed by atoms with E-state index in [1.165, 1.54) is 12.5 Å². The third-order valence-corrected chi connectivity index (χ3v) is 3.95. The number of carboxylic acid groups (broad SMARTS) is 1. The molecule has 0 aliphatic heterocycles. The van der Waals surface area contributed by atoms with Crippen LogP contribution in [-0.4, -0.2) is 23.0 Å². The van der Waals surface area contributed by atoms with Crippen LogP contribution in [0, 0.1) is 0 Å². The number of nitrogens with one attached hydrogen (secondary N) is 1. The van der Waals surface area contributed by atoms with Crippen molar-refractivity contribution in [2.24, 2.45) is 0 Å². The fourth-order valence-electron chi connectivity index (χ4n) is 2.70. The largest absolute Gasteiger partial charge is 0.480 e. The van der Waals surface area contributed by atoms with E-state index in [-0.39, 0.29) is 5.91 Å². The molecule has 4 nitrogen and oxygen atoms in total. The first kappa shape index (κ1) is 13.6. The highest BCUT2D eigenvalue weighted by Gasteiger charge is 2.39. The molecule has 0 bridgehead atoms. The van der Waals surface area contributed by atoms with Crippen LogP contribution in [0.4, 0.5) is 0 Å². The molecule has 1 aliphatic carbocycles. The van der Waals surface area contributed by atoms with E-state index < -0.39 is 17.4 Å². The molecule has 2 atom stereocenters.